The summed E-state index contributed by atoms with van der Waals surface area (Å²) < 4.78 is 10.4. The third-order valence-corrected chi connectivity index (χ3v) is 4.52. The highest BCUT2D eigenvalue weighted by atomic mass is 16.5. The summed E-state index contributed by atoms with van der Waals surface area (Å²) in [6.45, 7) is 4.39. The molecule has 0 bridgehead atoms. The van der Waals surface area contributed by atoms with Crippen LogP contribution in [0.2, 0.25) is 0 Å². The Bertz CT molecular complexity index is 716. The van der Waals surface area contributed by atoms with E-state index >= 15 is 0 Å². The first-order chi connectivity index (χ1) is 12.1. The van der Waals surface area contributed by atoms with Gasteiger partial charge in [0.1, 0.15) is 5.76 Å². The third kappa shape index (κ3) is 3.99. The van der Waals surface area contributed by atoms with Gasteiger partial charge in [-0.05, 0) is 45.0 Å². The molecule has 1 unspecified atom stereocenters. The molecular formula is C18H24N4O3. The summed E-state index contributed by atoms with van der Waals surface area (Å²) in [7, 11) is 3.42. The SMILES string of the molecule is COC(=O)c1oc(CN(C)CC2CCCN2c2cccnn2)cc1C. The van der Waals surface area contributed by atoms with Crippen LogP contribution in [0, 0.1) is 6.92 Å². The number of aromatic nitrogens is 2. The van der Waals surface area contributed by atoms with Crippen molar-refractivity contribution in [1.82, 2.24) is 15.1 Å². The van der Waals surface area contributed by atoms with Crippen molar-refractivity contribution >= 4 is 11.8 Å². The van der Waals surface area contributed by atoms with Gasteiger partial charge in [-0.2, -0.15) is 5.10 Å². The summed E-state index contributed by atoms with van der Waals surface area (Å²) in [5, 5.41) is 8.22. The van der Waals surface area contributed by atoms with Gasteiger partial charge in [-0.15, -0.1) is 5.10 Å². The van der Waals surface area contributed by atoms with Crippen LogP contribution in [-0.2, 0) is 11.3 Å². The van der Waals surface area contributed by atoms with E-state index in [1.54, 1.807) is 6.20 Å². The van der Waals surface area contributed by atoms with Crippen LogP contribution < -0.4 is 4.90 Å². The molecule has 0 amide bonds. The molecule has 7 heteroatoms. The molecule has 0 N–H and O–H groups in total. The normalized spacial score (nSPS) is 17.3. The van der Waals surface area contributed by atoms with Crippen molar-refractivity contribution in [2.75, 3.05) is 32.1 Å². The summed E-state index contributed by atoms with van der Waals surface area (Å²) in [4.78, 5) is 16.2. The van der Waals surface area contributed by atoms with Gasteiger partial charge in [-0.3, -0.25) is 4.90 Å². The van der Waals surface area contributed by atoms with Crippen molar-refractivity contribution in [3.05, 3.63) is 41.5 Å². The molecular weight excluding hydrogens is 320 g/mol. The lowest BCUT2D eigenvalue weighted by Gasteiger charge is -2.28. The van der Waals surface area contributed by atoms with Crippen LogP contribution in [0.5, 0.6) is 0 Å². The third-order valence-electron chi connectivity index (χ3n) is 4.52. The predicted molar refractivity (Wildman–Crippen MR) is 93.5 cm³/mol. The van der Waals surface area contributed by atoms with Crippen LogP contribution in [0.4, 0.5) is 5.82 Å². The van der Waals surface area contributed by atoms with Gasteiger partial charge in [-0.1, -0.05) is 0 Å². The molecule has 3 heterocycles. The minimum Gasteiger partial charge on any atom is -0.463 e. The first-order valence-electron chi connectivity index (χ1n) is 8.49. The number of carbonyl (C=O) groups excluding carboxylic acids is 1. The number of esters is 1. The second-order valence-electron chi connectivity index (χ2n) is 6.48. The second kappa shape index (κ2) is 7.65. The number of hydrogen-bond acceptors (Lipinski definition) is 7. The molecule has 0 spiro atoms. The van der Waals surface area contributed by atoms with Gasteiger partial charge in [0.05, 0.1) is 13.7 Å². The Morgan fingerprint density at radius 1 is 1.52 bits per heavy atom. The van der Waals surface area contributed by atoms with Crippen LogP contribution in [0.25, 0.3) is 0 Å². The van der Waals surface area contributed by atoms with Crippen molar-refractivity contribution in [2.24, 2.45) is 0 Å². The molecule has 0 aliphatic carbocycles. The minimum atomic E-state index is -0.434. The first-order valence-corrected chi connectivity index (χ1v) is 8.49. The summed E-state index contributed by atoms with van der Waals surface area (Å²) in [5.74, 6) is 1.55. The van der Waals surface area contributed by atoms with E-state index in [9.17, 15) is 4.79 Å². The number of furan rings is 1. The molecule has 134 valence electrons. The topological polar surface area (TPSA) is 71.7 Å². The average Bonchev–Trinajstić information content (AvgIpc) is 3.21. The highest BCUT2D eigenvalue weighted by Gasteiger charge is 2.27. The molecule has 0 saturated carbocycles. The number of aryl methyl sites for hydroxylation is 1. The minimum absolute atomic E-state index is 0.285. The summed E-state index contributed by atoms with van der Waals surface area (Å²) in [6.07, 6.45) is 3.98. The molecule has 1 atom stereocenters. The van der Waals surface area contributed by atoms with Crippen molar-refractivity contribution < 1.29 is 13.9 Å². The van der Waals surface area contributed by atoms with Gasteiger partial charge in [0, 0.05) is 30.9 Å². The standard InChI is InChI=1S/C18H24N4O3/c1-13-10-15(25-17(13)18(23)24-3)12-21(2)11-14-6-5-9-22(14)16-7-4-8-19-20-16/h4,7-8,10,14H,5-6,9,11-12H2,1-3H3. The van der Waals surface area contributed by atoms with E-state index in [0.29, 0.717) is 12.6 Å². The van der Waals surface area contributed by atoms with E-state index in [1.165, 1.54) is 7.11 Å². The van der Waals surface area contributed by atoms with Gasteiger partial charge in [0.15, 0.2) is 5.82 Å². The van der Waals surface area contributed by atoms with Crippen molar-refractivity contribution in [2.45, 2.75) is 32.4 Å². The van der Waals surface area contributed by atoms with Crippen LogP contribution in [0.15, 0.2) is 28.8 Å². The predicted octanol–water partition coefficient (Wildman–Crippen LogP) is 2.27. The molecule has 1 aliphatic rings. The summed E-state index contributed by atoms with van der Waals surface area (Å²) in [6, 6.07) is 6.22. The van der Waals surface area contributed by atoms with E-state index in [4.69, 9.17) is 9.15 Å². The highest BCUT2D eigenvalue weighted by molar-refractivity contribution is 5.87. The Morgan fingerprint density at radius 2 is 2.36 bits per heavy atom. The number of methoxy groups -OCH3 is 1. The largest absolute Gasteiger partial charge is 0.463 e. The molecule has 1 saturated heterocycles. The monoisotopic (exact) mass is 344 g/mol. The lowest BCUT2D eigenvalue weighted by atomic mass is 10.2. The number of nitrogens with zero attached hydrogens (tertiary/aromatic N) is 4. The number of carbonyl (C=O) groups is 1. The fraction of sp³-hybridized carbons (Fsp3) is 0.500. The van der Waals surface area contributed by atoms with E-state index in [2.05, 4.69) is 27.0 Å². The van der Waals surface area contributed by atoms with Gasteiger partial charge < -0.3 is 14.1 Å². The lowest BCUT2D eigenvalue weighted by Crippen LogP contribution is -2.39. The van der Waals surface area contributed by atoms with Crippen molar-refractivity contribution in [1.29, 1.82) is 0 Å². The summed E-state index contributed by atoms with van der Waals surface area (Å²) in [5.41, 5.74) is 0.803. The number of likely N-dealkylation sites (N-methyl/N-ethyl adjacent to an activating group) is 1. The second-order valence-corrected chi connectivity index (χ2v) is 6.48. The Hall–Kier alpha value is -2.41. The molecule has 7 nitrogen and oxygen atoms in total. The average molecular weight is 344 g/mol. The number of hydrogen-bond donors (Lipinski definition) is 0. The number of ether oxygens (including phenoxy) is 1. The number of anilines is 1. The smallest absolute Gasteiger partial charge is 0.374 e. The zero-order valence-electron chi connectivity index (χ0n) is 14.9. The quantitative estimate of drug-likeness (QED) is 0.744. The zero-order valence-corrected chi connectivity index (χ0v) is 14.9. The zero-order chi connectivity index (χ0) is 17.8. The molecule has 2 aromatic rings. The molecule has 1 aliphatic heterocycles. The molecule has 1 fully saturated rings. The van der Waals surface area contributed by atoms with Crippen molar-refractivity contribution in [3.8, 4) is 0 Å². The molecule has 25 heavy (non-hydrogen) atoms. The van der Waals surface area contributed by atoms with Crippen molar-refractivity contribution in [3.63, 3.8) is 0 Å². The fourth-order valence-corrected chi connectivity index (χ4v) is 3.39. The van der Waals surface area contributed by atoms with E-state index in [0.717, 1.165) is 43.1 Å². The molecule has 3 rings (SSSR count). The Balaban J connectivity index is 1.62. The van der Waals surface area contributed by atoms with E-state index < -0.39 is 5.97 Å². The maximum absolute atomic E-state index is 11.7. The van der Waals surface area contributed by atoms with Gasteiger partial charge in [0.2, 0.25) is 5.76 Å². The Labute approximate surface area is 147 Å². The molecule has 0 radical (unpaired) electrons. The fourth-order valence-electron chi connectivity index (χ4n) is 3.39. The van der Waals surface area contributed by atoms with Crippen LogP contribution in [-0.4, -0.2) is 54.4 Å². The number of rotatable bonds is 6. The van der Waals surface area contributed by atoms with E-state index in [-0.39, 0.29) is 5.76 Å². The van der Waals surface area contributed by atoms with E-state index in [1.807, 2.05) is 25.1 Å². The van der Waals surface area contributed by atoms with Crippen LogP contribution in [0.3, 0.4) is 0 Å². The van der Waals surface area contributed by atoms with Gasteiger partial charge in [0.25, 0.3) is 0 Å². The Morgan fingerprint density at radius 3 is 3.08 bits per heavy atom. The molecule has 0 aromatic carbocycles. The maximum Gasteiger partial charge on any atom is 0.374 e. The lowest BCUT2D eigenvalue weighted by molar-refractivity contribution is 0.0560. The highest BCUT2D eigenvalue weighted by Crippen LogP contribution is 2.24. The van der Waals surface area contributed by atoms with Crippen LogP contribution in [0.1, 0.15) is 34.7 Å². The van der Waals surface area contributed by atoms with Gasteiger partial charge >= 0.3 is 5.97 Å². The van der Waals surface area contributed by atoms with Crippen LogP contribution >= 0.6 is 0 Å². The maximum atomic E-state index is 11.7. The first kappa shape index (κ1) is 17.4. The summed E-state index contributed by atoms with van der Waals surface area (Å²) >= 11 is 0. The van der Waals surface area contributed by atoms with Gasteiger partial charge in [-0.25, -0.2) is 4.79 Å². The Kier molecular flexibility index (Phi) is 5.33. The molecule has 2 aromatic heterocycles.